The Labute approximate surface area is 108 Å². The Bertz CT molecular complexity index is 509. The lowest BCUT2D eigenvalue weighted by Crippen LogP contribution is -2.22. The highest BCUT2D eigenvalue weighted by molar-refractivity contribution is 5.09. The van der Waals surface area contributed by atoms with Gasteiger partial charge in [-0.2, -0.15) is 10.2 Å². The molecule has 0 fully saturated rings. The predicted octanol–water partition coefficient (Wildman–Crippen LogP) is 1.47. The summed E-state index contributed by atoms with van der Waals surface area (Å²) in [5.74, 6) is 0. The van der Waals surface area contributed by atoms with Crippen LogP contribution in [0, 0.1) is 6.92 Å². The molecule has 0 spiro atoms. The van der Waals surface area contributed by atoms with Gasteiger partial charge < -0.3 is 5.32 Å². The van der Waals surface area contributed by atoms with Crippen molar-refractivity contribution in [2.24, 2.45) is 7.05 Å². The highest BCUT2D eigenvalue weighted by atomic mass is 15.3. The number of hydrogen-bond acceptors (Lipinski definition) is 3. The van der Waals surface area contributed by atoms with Crippen LogP contribution in [-0.4, -0.2) is 25.6 Å². The molecule has 18 heavy (non-hydrogen) atoms. The third-order valence-corrected chi connectivity index (χ3v) is 2.81. The second kappa shape index (κ2) is 5.35. The number of aromatic nitrogens is 4. The molecule has 0 aliphatic rings. The Morgan fingerprint density at radius 2 is 2.11 bits per heavy atom. The van der Waals surface area contributed by atoms with Crippen molar-refractivity contribution in [1.29, 1.82) is 0 Å². The lowest BCUT2D eigenvalue weighted by atomic mass is 10.3. The van der Waals surface area contributed by atoms with Crippen molar-refractivity contribution in [3.63, 3.8) is 0 Å². The zero-order chi connectivity index (χ0) is 13.1. The fraction of sp³-hybridized carbons (Fsp3) is 0.538. The molecular weight excluding hydrogens is 226 g/mol. The number of hydrogen-bond donors (Lipinski definition) is 1. The van der Waals surface area contributed by atoms with Crippen LogP contribution in [0.5, 0.6) is 0 Å². The van der Waals surface area contributed by atoms with Crippen LogP contribution in [0.1, 0.15) is 30.9 Å². The molecule has 2 aromatic rings. The van der Waals surface area contributed by atoms with Crippen LogP contribution in [0.15, 0.2) is 18.3 Å². The monoisotopic (exact) mass is 247 g/mol. The van der Waals surface area contributed by atoms with Gasteiger partial charge in [0.2, 0.25) is 0 Å². The minimum absolute atomic E-state index is 0.481. The number of nitrogens with zero attached hydrogens (tertiary/aromatic N) is 4. The predicted molar refractivity (Wildman–Crippen MR) is 71.2 cm³/mol. The fourth-order valence-electron chi connectivity index (χ4n) is 1.87. The van der Waals surface area contributed by atoms with Gasteiger partial charge in [0.1, 0.15) is 0 Å². The summed E-state index contributed by atoms with van der Waals surface area (Å²) in [5.41, 5.74) is 3.28. The van der Waals surface area contributed by atoms with E-state index in [2.05, 4.69) is 41.5 Å². The van der Waals surface area contributed by atoms with E-state index >= 15 is 0 Å². The molecule has 98 valence electrons. The summed E-state index contributed by atoms with van der Waals surface area (Å²) in [6, 6.07) is 4.63. The Morgan fingerprint density at radius 3 is 2.72 bits per heavy atom. The molecule has 2 aromatic heterocycles. The minimum atomic E-state index is 0.481. The maximum atomic E-state index is 4.54. The molecule has 0 bridgehead atoms. The molecule has 5 heteroatoms. The molecular formula is C13H21N5. The van der Waals surface area contributed by atoms with E-state index < -0.39 is 0 Å². The van der Waals surface area contributed by atoms with E-state index in [1.165, 1.54) is 5.69 Å². The van der Waals surface area contributed by atoms with Crippen molar-refractivity contribution < 1.29 is 0 Å². The van der Waals surface area contributed by atoms with Gasteiger partial charge in [-0.05, 0) is 19.1 Å². The smallest absolute Gasteiger partial charge is 0.0828 e. The first-order valence-electron chi connectivity index (χ1n) is 6.30. The summed E-state index contributed by atoms with van der Waals surface area (Å²) >= 11 is 0. The molecule has 2 rings (SSSR count). The molecule has 0 aliphatic carbocycles. The van der Waals surface area contributed by atoms with Gasteiger partial charge in [0.15, 0.2) is 0 Å². The highest BCUT2D eigenvalue weighted by Crippen LogP contribution is 2.05. The van der Waals surface area contributed by atoms with Crippen molar-refractivity contribution in [2.45, 2.75) is 39.9 Å². The van der Waals surface area contributed by atoms with Crippen LogP contribution >= 0.6 is 0 Å². The van der Waals surface area contributed by atoms with Crippen molar-refractivity contribution in [3.05, 3.63) is 35.4 Å². The average Bonchev–Trinajstić information content (AvgIpc) is 2.84. The summed E-state index contributed by atoms with van der Waals surface area (Å²) in [7, 11) is 1.97. The molecule has 5 nitrogen and oxygen atoms in total. The third kappa shape index (κ3) is 3.20. The van der Waals surface area contributed by atoms with Crippen LogP contribution < -0.4 is 5.32 Å². The highest BCUT2D eigenvalue weighted by Gasteiger charge is 2.05. The first kappa shape index (κ1) is 12.8. The van der Waals surface area contributed by atoms with Crippen molar-refractivity contribution in [3.8, 4) is 0 Å². The van der Waals surface area contributed by atoms with Crippen molar-refractivity contribution in [2.75, 3.05) is 0 Å². The largest absolute Gasteiger partial charge is 0.309 e. The average molecular weight is 247 g/mol. The summed E-state index contributed by atoms with van der Waals surface area (Å²) in [4.78, 5) is 0. The molecule has 1 N–H and O–H groups in total. The van der Waals surface area contributed by atoms with Crippen LogP contribution in [0.2, 0.25) is 0 Å². The molecule has 0 aliphatic heterocycles. The lowest BCUT2D eigenvalue weighted by molar-refractivity contribution is 0.564. The Kier molecular flexibility index (Phi) is 3.81. The molecule has 0 aromatic carbocycles. The summed E-state index contributed by atoms with van der Waals surface area (Å²) in [6.07, 6.45) is 2.01. The van der Waals surface area contributed by atoms with E-state index in [0.717, 1.165) is 24.5 Å². The van der Waals surface area contributed by atoms with Gasteiger partial charge in [-0.1, -0.05) is 13.8 Å². The van der Waals surface area contributed by atoms with Crippen molar-refractivity contribution >= 4 is 0 Å². The van der Waals surface area contributed by atoms with Gasteiger partial charge in [-0.25, -0.2) is 0 Å². The second-order valence-electron chi connectivity index (χ2n) is 4.94. The zero-order valence-electron chi connectivity index (χ0n) is 11.5. The van der Waals surface area contributed by atoms with Gasteiger partial charge in [-0.15, -0.1) is 0 Å². The Morgan fingerprint density at radius 1 is 1.33 bits per heavy atom. The van der Waals surface area contributed by atoms with E-state index in [9.17, 15) is 0 Å². The first-order valence-corrected chi connectivity index (χ1v) is 6.30. The third-order valence-electron chi connectivity index (χ3n) is 2.81. The number of nitrogens with one attached hydrogen (secondary N) is 1. The number of rotatable bonds is 5. The second-order valence-corrected chi connectivity index (χ2v) is 4.94. The van der Waals surface area contributed by atoms with E-state index in [1.807, 2.05) is 29.5 Å². The van der Waals surface area contributed by atoms with Gasteiger partial charge in [0.25, 0.3) is 0 Å². The molecule has 2 heterocycles. The molecule has 0 amide bonds. The molecule has 0 saturated heterocycles. The number of aryl methyl sites for hydroxylation is 2. The Hall–Kier alpha value is -1.62. The normalized spacial score (nSPS) is 11.4. The van der Waals surface area contributed by atoms with E-state index in [1.54, 1.807) is 0 Å². The van der Waals surface area contributed by atoms with Crippen LogP contribution in [0.3, 0.4) is 0 Å². The summed E-state index contributed by atoms with van der Waals surface area (Å²) in [5, 5.41) is 12.2. The van der Waals surface area contributed by atoms with Crippen LogP contribution in [0.4, 0.5) is 0 Å². The van der Waals surface area contributed by atoms with Gasteiger partial charge in [0.05, 0.1) is 23.6 Å². The molecule has 0 atom stereocenters. The minimum Gasteiger partial charge on any atom is -0.309 e. The quantitative estimate of drug-likeness (QED) is 0.870. The van der Waals surface area contributed by atoms with Gasteiger partial charge in [0, 0.05) is 25.8 Å². The first-order chi connectivity index (χ1) is 8.54. The maximum absolute atomic E-state index is 4.54. The van der Waals surface area contributed by atoms with Gasteiger partial charge in [-0.3, -0.25) is 9.36 Å². The van der Waals surface area contributed by atoms with Crippen LogP contribution in [0.25, 0.3) is 0 Å². The molecule has 0 unspecified atom stereocenters. The van der Waals surface area contributed by atoms with E-state index in [4.69, 9.17) is 0 Å². The molecule has 0 saturated carbocycles. The standard InChI is InChI=1S/C13H21N5/c1-10(2)14-8-12-5-6-18(16-12)9-13-7-11(3)15-17(13)4/h5-7,10,14H,8-9H2,1-4H3. The van der Waals surface area contributed by atoms with Crippen LogP contribution in [-0.2, 0) is 20.1 Å². The maximum Gasteiger partial charge on any atom is 0.0828 e. The van der Waals surface area contributed by atoms with E-state index in [0.29, 0.717) is 6.04 Å². The topological polar surface area (TPSA) is 47.7 Å². The summed E-state index contributed by atoms with van der Waals surface area (Å²) < 4.78 is 3.86. The SMILES string of the molecule is Cc1cc(Cn2ccc(CNC(C)C)n2)n(C)n1. The van der Waals surface area contributed by atoms with E-state index in [-0.39, 0.29) is 0 Å². The zero-order valence-corrected chi connectivity index (χ0v) is 11.5. The van der Waals surface area contributed by atoms with Crippen molar-refractivity contribution in [1.82, 2.24) is 24.9 Å². The van der Waals surface area contributed by atoms with Gasteiger partial charge >= 0.3 is 0 Å². The summed E-state index contributed by atoms with van der Waals surface area (Å²) in [6.45, 7) is 7.85. The fourth-order valence-corrected chi connectivity index (χ4v) is 1.87. The Balaban J connectivity index is 2.00. The lowest BCUT2D eigenvalue weighted by Gasteiger charge is -2.05. The molecule has 0 radical (unpaired) electrons.